The van der Waals surface area contributed by atoms with Crippen molar-refractivity contribution in [3.8, 4) is 0 Å². The Bertz CT molecular complexity index is 893. The molecule has 0 saturated carbocycles. The van der Waals surface area contributed by atoms with Gasteiger partial charge in [-0.15, -0.1) is 12.4 Å². The number of nitrogens with one attached hydrogen (secondary N) is 1. The Kier molecular flexibility index (Phi) is 6.34. The number of aromatic nitrogens is 2. The Labute approximate surface area is 158 Å². The number of rotatable bonds is 5. The van der Waals surface area contributed by atoms with Crippen LogP contribution in [0.25, 0.3) is 11.1 Å². The molecule has 3 rings (SSSR count). The van der Waals surface area contributed by atoms with E-state index in [0.717, 1.165) is 11.3 Å². The SMILES string of the molecule is Cc1noc2nc(C(C)C)cc(C(=O)NCC(N)c3ccccc3)c12.Cl. The van der Waals surface area contributed by atoms with Gasteiger partial charge in [0.1, 0.15) is 0 Å². The Balaban J connectivity index is 0.00000243. The lowest BCUT2D eigenvalue weighted by molar-refractivity contribution is 0.0952. The monoisotopic (exact) mass is 374 g/mol. The van der Waals surface area contributed by atoms with Crippen LogP contribution in [0.3, 0.4) is 0 Å². The number of hydrogen-bond donors (Lipinski definition) is 2. The molecule has 0 aliphatic heterocycles. The van der Waals surface area contributed by atoms with Gasteiger partial charge in [0.25, 0.3) is 11.6 Å². The zero-order valence-corrected chi connectivity index (χ0v) is 15.8. The summed E-state index contributed by atoms with van der Waals surface area (Å²) >= 11 is 0. The Hall–Kier alpha value is -2.44. The maximum Gasteiger partial charge on any atom is 0.259 e. The van der Waals surface area contributed by atoms with E-state index < -0.39 is 0 Å². The number of nitrogens with two attached hydrogens (primary N) is 1. The van der Waals surface area contributed by atoms with Crippen LogP contribution in [0.2, 0.25) is 0 Å². The van der Waals surface area contributed by atoms with Crippen molar-refractivity contribution in [2.45, 2.75) is 32.7 Å². The molecule has 1 atom stereocenters. The van der Waals surface area contributed by atoms with E-state index in [0.29, 0.717) is 28.9 Å². The quantitative estimate of drug-likeness (QED) is 0.712. The number of halogens is 1. The zero-order valence-electron chi connectivity index (χ0n) is 15.0. The average molecular weight is 375 g/mol. The number of carbonyl (C=O) groups excluding carboxylic acids is 1. The number of nitrogens with zero attached hydrogens (tertiary/aromatic N) is 2. The number of aryl methyl sites for hydroxylation is 1. The molecule has 3 N–H and O–H groups in total. The maximum atomic E-state index is 12.8. The van der Waals surface area contributed by atoms with Gasteiger partial charge in [-0.2, -0.15) is 0 Å². The lowest BCUT2D eigenvalue weighted by Gasteiger charge is -2.14. The summed E-state index contributed by atoms with van der Waals surface area (Å²) in [5.74, 6) is -0.0279. The van der Waals surface area contributed by atoms with E-state index in [4.69, 9.17) is 10.3 Å². The Morgan fingerprint density at radius 3 is 2.62 bits per heavy atom. The molecule has 0 saturated heterocycles. The van der Waals surface area contributed by atoms with E-state index in [2.05, 4.69) is 15.5 Å². The minimum Gasteiger partial charge on any atom is -0.350 e. The molecule has 0 aliphatic carbocycles. The van der Waals surface area contributed by atoms with Crippen LogP contribution in [0, 0.1) is 6.92 Å². The number of fused-ring (bicyclic) bond motifs is 1. The topological polar surface area (TPSA) is 94.0 Å². The van der Waals surface area contributed by atoms with E-state index in [9.17, 15) is 4.79 Å². The fraction of sp³-hybridized carbons (Fsp3) is 0.316. The lowest BCUT2D eigenvalue weighted by atomic mass is 10.0. The van der Waals surface area contributed by atoms with Crippen LogP contribution in [-0.4, -0.2) is 22.6 Å². The number of hydrogen-bond acceptors (Lipinski definition) is 5. The van der Waals surface area contributed by atoms with Crippen molar-refractivity contribution in [3.63, 3.8) is 0 Å². The second-order valence-corrected chi connectivity index (χ2v) is 6.42. The third-order valence-electron chi connectivity index (χ3n) is 4.18. The molecular formula is C19H23ClN4O2. The molecule has 26 heavy (non-hydrogen) atoms. The molecule has 6 nitrogen and oxygen atoms in total. The first kappa shape index (κ1) is 19.9. The van der Waals surface area contributed by atoms with Gasteiger partial charge in [-0.05, 0) is 24.5 Å². The molecule has 2 heterocycles. The molecule has 0 radical (unpaired) electrons. The van der Waals surface area contributed by atoms with Crippen molar-refractivity contribution in [1.29, 1.82) is 0 Å². The first-order valence-corrected chi connectivity index (χ1v) is 8.33. The molecule has 3 aromatic rings. The molecule has 0 bridgehead atoms. The number of amides is 1. The van der Waals surface area contributed by atoms with Crippen LogP contribution in [0.4, 0.5) is 0 Å². The Morgan fingerprint density at radius 2 is 1.96 bits per heavy atom. The smallest absolute Gasteiger partial charge is 0.259 e. The second kappa shape index (κ2) is 8.29. The molecule has 7 heteroatoms. The van der Waals surface area contributed by atoms with Gasteiger partial charge in [-0.1, -0.05) is 49.3 Å². The van der Waals surface area contributed by atoms with Gasteiger partial charge in [0.15, 0.2) is 0 Å². The third-order valence-corrected chi connectivity index (χ3v) is 4.18. The van der Waals surface area contributed by atoms with Crippen LogP contribution >= 0.6 is 12.4 Å². The van der Waals surface area contributed by atoms with Crippen molar-refractivity contribution in [3.05, 3.63) is 58.9 Å². The van der Waals surface area contributed by atoms with Crippen LogP contribution < -0.4 is 11.1 Å². The van der Waals surface area contributed by atoms with Crippen LogP contribution in [0.5, 0.6) is 0 Å². The summed E-state index contributed by atoms with van der Waals surface area (Å²) in [6.45, 7) is 6.18. The molecule has 1 aromatic carbocycles. The average Bonchev–Trinajstić information content (AvgIpc) is 3.00. The summed E-state index contributed by atoms with van der Waals surface area (Å²) < 4.78 is 5.26. The third kappa shape index (κ3) is 4.03. The molecule has 1 amide bonds. The summed E-state index contributed by atoms with van der Waals surface area (Å²) in [6.07, 6.45) is 0. The van der Waals surface area contributed by atoms with Gasteiger partial charge in [0.2, 0.25) is 0 Å². The van der Waals surface area contributed by atoms with Gasteiger partial charge in [0.05, 0.1) is 16.6 Å². The normalized spacial score (nSPS) is 12.0. The van der Waals surface area contributed by atoms with Crippen LogP contribution in [0.1, 0.15) is 53.1 Å². The number of benzene rings is 1. The highest BCUT2D eigenvalue weighted by Gasteiger charge is 2.20. The molecule has 1 unspecified atom stereocenters. The molecule has 2 aromatic heterocycles. The number of pyridine rings is 1. The summed E-state index contributed by atoms with van der Waals surface area (Å²) in [7, 11) is 0. The molecule has 0 fully saturated rings. The summed E-state index contributed by atoms with van der Waals surface area (Å²) in [5, 5.41) is 7.50. The van der Waals surface area contributed by atoms with Crippen LogP contribution in [0.15, 0.2) is 40.9 Å². The standard InChI is InChI=1S/C19H22N4O2.ClH/c1-11(2)16-9-14(17-12(3)23-25-19(17)22-16)18(24)21-10-15(20)13-7-5-4-6-8-13;/h4-9,11,15H,10,20H2,1-3H3,(H,21,24);1H. The Morgan fingerprint density at radius 1 is 1.27 bits per heavy atom. The van der Waals surface area contributed by atoms with E-state index in [1.807, 2.05) is 44.2 Å². The van der Waals surface area contributed by atoms with Crippen molar-refractivity contribution in [2.75, 3.05) is 6.54 Å². The van der Waals surface area contributed by atoms with Gasteiger partial charge < -0.3 is 15.6 Å². The van der Waals surface area contributed by atoms with Crippen molar-refractivity contribution < 1.29 is 9.32 Å². The second-order valence-electron chi connectivity index (χ2n) is 6.42. The summed E-state index contributed by atoms with van der Waals surface area (Å²) in [4.78, 5) is 17.2. The highest BCUT2D eigenvalue weighted by molar-refractivity contribution is 6.06. The summed E-state index contributed by atoms with van der Waals surface area (Å²) in [6, 6.07) is 11.2. The van der Waals surface area contributed by atoms with Crippen LogP contribution in [-0.2, 0) is 0 Å². The van der Waals surface area contributed by atoms with Gasteiger partial charge in [0, 0.05) is 18.3 Å². The highest BCUT2D eigenvalue weighted by atomic mass is 35.5. The van der Waals surface area contributed by atoms with Gasteiger partial charge >= 0.3 is 0 Å². The van der Waals surface area contributed by atoms with Gasteiger partial charge in [-0.25, -0.2) is 4.98 Å². The zero-order chi connectivity index (χ0) is 18.0. The maximum absolute atomic E-state index is 12.8. The summed E-state index contributed by atoms with van der Waals surface area (Å²) in [5.41, 5.74) is 9.49. The fourth-order valence-electron chi connectivity index (χ4n) is 2.70. The predicted octanol–water partition coefficient (Wildman–Crippen LogP) is 3.51. The van der Waals surface area contributed by atoms with Gasteiger partial charge in [-0.3, -0.25) is 4.79 Å². The van der Waals surface area contributed by atoms with Crippen molar-refractivity contribution >= 4 is 29.4 Å². The first-order valence-electron chi connectivity index (χ1n) is 8.33. The molecule has 0 aliphatic rings. The van der Waals surface area contributed by atoms with Crippen molar-refractivity contribution in [1.82, 2.24) is 15.5 Å². The largest absolute Gasteiger partial charge is 0.350 e. The number of carbonyl (C=O) groups is 1. The molecule has 138 valence electrons. The van der Waals surface area contributed by atoms with E-state index in [1.54, 1.807) is 13.0 Å². The first-order chi connectivity index (χ1) is 12.0. The fourth-order valence-corrected chi connectivity index (χ4v) is 2.70. The predicted molar refractivity (Wildman–Crippen MR) is 104 cm³/mol. The van der Waals surface area contributed by atoms with E-state index >= 15 is 0 Å². The van der Waals surface area contributed by atoms with Crippen molar-refractivity contribution in [2.24, 2.45) is 5.73 Å². The molecular weight excluding hydrogens is 352 g/mol. The minimum absolute atomic E-state index is 0. The lowest BCUT2D eigenvalue weighted by Crippen LogP contribution is -2.32. The van der Waals surface area contributed by atoms with E-state index in [-0.39, 0.29) is 30.3 Å². The highest BCUT2D eigenvalue weighted by Crippen LogP contribution is 2.25. The van der Waals surface area contributed by atoms with E-state index in [1.165, 1.54) is 0 Å². The molecule has 0 spiro atoms. The minimum atomic E-state index is -0.268.